The number of aromatic carboxylic acids is 1. The van der Waals surface area contributed by atoms with E-state index in [0.717, 1.165) is 12.1 Å². The summed E-state index contributed by atoms with van der Waals surface area (Å²) in [5, 5.41) is 12.1. The van der Waals surface area contributed by atoms with Crippen LogP contribution in [0.15, 0.2) is 55.0 Å². The van der Waals surface area contributed by atoms with E-state index in [2.05, 4.69) is 15.3 Å². The van der Waals surface area contributed by atoms with Gasteiger partial charge in [-0.3, -0.25) is 0 Å². The summed E-state index contributed by atoms with van der Waals surface area (Å²) in [5.74, 6) is -1.08. The summed E-state index contributed by atoms with van der Waals surface area (Å²) in [6.45, 7) is 0. The second kappa shape index (κ2) is 6.31. The van der Waals surface area contributed by atoms with Gasteiger partial charge < -0.3 is 15.4 Å². The molecular formula is C17H12F3N3O2. The molecule has 0 aliphatic carbocycles. The Balaban J connectivity index is 1.96. The van der Waals surface area contributed by atoms with E-state index in [4.69, 9.17) is 5.11 Å². The van der Waals surface area contributed by atoms with Crippen LogP contribution in [-0.2, 0) is 6.18 Å². The molecule has 0 radical (unpaired) electrons. The first kappa shape index (κ1) is 16.6. The number of carbonyl (C=O) groups is 1. The Hall–Kier alpha value is -3.29. The summed E-state index contributed by atoms with van der Waals surface area (Å²) >= 11 is 0. The standard InChI is InChI=1S/C17H12F3N3O2/c18-17(19,20)11-2-4-12(5-3-11)23-14-6-1-10(16(24)25)7-13(14)15-8-21-9-22-15/h1-9,23H,(H,21,22)(H,24,25). The molecule has 25 heavy (non-hydrogen) atoms. The molecule has 0 saturated heterocycles. The number of benzene rings is 2. The van der Waals surface area contributed by atoms with E-state index >= 15 is 0 Å². The van der Waals surface area contributed by atoms with E-state index in [1.54, 1.807) is 6.07 Å². The van der Waals surface area contributed by atoms with Crippen LogP contribution < -0.4 is 5.32 Å². The number of aromatic nitrogens is 2. The summed E-state index contributed by atoms with van der Waals surface area (Å²) in [7, 11) is 0. The average Bonchev–Trinajstić information content (AvgIpc) is 3.09. The molecule has 0 saturated carbocycles. The van der Waals surface area contributed by atoms with E-state index in [1.165, 1.54) is 36.8 Å². The molecule has 0 bridgehead atoms. The third-order valence-corrected chi connectivity index (χ3v) is 3.55. The second-order valence-electron chi connectivity index (χ2n) is 5.23. The van der Waals surface area contributed by atoms with Crippen molar-refractivity contribution >= 4 is 17.3 Å². The molecule has 0 unspecified atom stereocenters. The molecule has 0 fully saturated rings. The molecule has 3 aromatic rings. The van der Waals surface area contributed by atoms with Crippen molar-refractivity contribution in [2.75, 3.05) is 5.32 Å². The Morgan fingerprint density at radius 3 is 2.40 bits per heavy atom. The highest BCUT2D eigenvalue weighted by molar-refractivity contribution is 5.92. The Kier molecular flexibility index (Phi) is 4.18. The molecule has 2 aromatic carbocycles. The molecule has 0 aliphatic heterocycles. The van der Waals surface area contributed by atoms with Crippen molar-refractivity contribution in [2.24, 2.45) is 0 Å². The second-order valence-corrected chi connectivity index (χ2v) is 5.23. The molecular weight excluding hydrogens is 335 g/mol. The molecule has 128 valence electrons. The molecule has 5 nitrogen and oxygen atoms in total. The fourth-order valence-corrected chi connectivity index (χ4v) is 2.31. The van der Waals surface area contributed by atoms with Crippen molar-refractivity contribution < 1.29 is 23.1 Å². The van der Waals surface area contributed by atoms with Crippen LogP contribution in [0.25, 0.3) is 11.3 Å². The largest absolute Gasteiger partial charge is 0.478 e. The third-order valence-electron chi connectivity index (χ3n) is 3.55. The van der Waals surface area contributed by atoms with E-state index < -0.39 is 17.7 Å². The van der Waals surface area contributed by atoms with Gasteiger partial charge in [0.05, 0.1) is 29.3 Å². The minimum Gasteiger partial charge on any atom is -0.478 e. The maximum Gasteiger partial charge on any atom is 0.416 e. The number of nitrogens with zero attached hydrogens (tertiary/aromatic N) is 1. The highest BCUT2D eigenvalue weighted by atomic mass is 19.4. The van der Waals surface area contributed by atoms with Crippen LogP contribution >= 0.6 is 0 Å². The lowest BCUT2D eigenvalue weighted by Crippen LogP contribution is -2.04. The summed E-state index contributed by atoms with van der Waals surface area (Å²) in [6.07, 6.45) is -1.42. The summed E-state index contributed by atoms with van der Waals surface area (Å²) in [5.41, 5.74) is 1.44. The predicted octanol–water partition coefficient (Wildman–Crippen LogP) is 4.54. The average molecular weight is 347 g/mol. The van der Waals surface area contributed by atoms with E-state index in [9.17, 15) is 18.0 Å². The van der Waals surface area contributed by atoms with Crippen molar-refractivity contribution in [3.8, 4) is 11.3 Å². The monoisotopic (exact) mass is 347 g/mol. The Morgan fingerprint density at radius 2 is 1.84 bits per heavy atom. The van der Waals surface area contributed by atoms with Crippen LogP contribution in [-0.4, -0.2) is 21.0 Å². The lowest BCUT2D eigenvalue weighted by Gasteiger charge is -2.13. The first-order valence-electron chi connectivity index (χ1n) is 7.15. The third kappa shape index (κ3) is 3.63. The number of alkyl halides is 3. The number of nitrogens with one attached hydrogen (secondary N) is 2. The van der Waals surface area contributed by atoms with Crippen LogP contribution in [0.2, 0.25) is 0 Å². The number of rotatable bonds is 4. The minimum absolute atomic E-state index is 0.0857. The van der Waals surface area contributed by atoms with Crippen LogP contribution in [0.5, 0.6) is 0 Å². The summed E-state index contributed by atoms with van der Waals surface area (Å²) in [6, 6.07) is 9.00. The zero-order chi connectivity index (χ0) is 18.0. The number of carboxylic acids is 1. The first-order chi connectivity index (χ1) is 11.8. The topological polar surface area (TPSA) is 78.0 Å². The Bertz CT molecular complexity index is 889. The molecule has 0 spiro atoms. The van der Waals surface area contributed by atoms with Gasteiger partial charge in [-0.1, -0.05) is 0 Å². The SMILES string of the molecule is O=C(O)c1ccc(Nc2ccc(C(F)(F)F)cc2)c(-c2cnc[nH]2)c1. The minimum atomic E-state index is -4.40. The van der Waals surface area contributed by atoms with Crippen molar-refractivity contribution in [3.05, 3.63) is 66.1 Å². The molecule has 0 atom stereocenters. The Labute approximate surface area is 140 Å². The van der Waals surface area contributed by atoms with Gasteiger partial charge in [0, 0.05) is 16.9 Å². The molecule has 8 heteroatoms. The van der Waals surface area contributed by atoms with Gasteiger partial charge in [0.2, 0.25) is 0 Å². The van der Waals surface area contributed by atoms with E-state index in [-0.39, 0.29) is 5.56 Å². The normalized spacial score (nSPS) is 11.3. The van der Waals surface area contributed by atoms with Crippen LogP contribution in [0, 0.1) is 0 Å². The first-order valence-corrected chi connectivity index (χ1v) is 7.15. The van der Waals surface area contributed by atoms with Crippen LogP contribution in [0.4, 0.5) is 24.5 Å². The van der Waals surface area contributed by atoms with E-state index in [1.807, 2.05) is 0 Å². The smallest absolute Gasteiger partial charge is 0.416 e. The van der Waals surface area contributed by atoms with Gasteiger partial charge in [-0.25, -0.2) is 9.78 Å². The van der Waals surface area contributed by atoms with Crippen molar-refractivity contribution in [1.29, 1.82) is 0 Å². The van der Waals surface area contributed by atoms with Gasteiger partial charge in [0.15, 0.2) is 0 Å². The number of hydrogen-bond acceptors (Lipinski definition) is 3. The number of carboxylic acid groups (broad SMARTS) is 1. The number of hydrogen-bond donors (Lipinski definition) is 3. The highest BCUT2D eigenvalue weighted by Gasteiger charge is 2.29. The van der Waals surface area contributed by atoms with Crippen LogP contribution in [0.1, 0.15) is 15.9 Å². The number of aromatic amines is 1. The molecule has 3 N–H and O–H groups in total. The Morgan fingerprint density at radius 1 is 1.12 bits per heavy atom. The fourth-order valence-electron chi connectivity index (χ4n) is 2.31. The van der Waals surface area contributed by atoms with Gasteiger partial charge in [0.25, 0.3) is 0 Å². The van der Waals surface area contributed by atoms with Gasteiger partial charge in [0.1, 0.15) is 0 Å². The zero-order valence-corrected chi connectivity index (χ0v) is 12.6. The maximum absolute atomic E-state index is 12.6. The molecule has 0 amide bonds. The number of H-pyrrole nitrogens is 1. The fraction of sp³-hybridized carbons (Fsp3) is 0.0588. The molecule has 1 heterocycles. The van der Waals surface area contributed by atoms with Crippen molar-refractivity contribution in [3.63, 3.8) is 0 Å². The lowest BCUT2D eigenvalue weighted by atomic mass is 10.1. The molecule has 1 aromatic heterocycles. The van der Waals surface area contributed by atoms with Crippen LogP contribution in [0.3, 0.4) is 0 Å². The predicted molar refractivity (Wildman–Crippen MR) is 85.7 cm³/mol. The van der Waals surface area contributed by atoms with Gasteiger partial charge in [-0.15, -0.1) is 0 Å². The van der Waals surface area contributed by atoms with Gasteiger partial charge >= 0.3 is 12.1 Å². The van der Waals surface area contributed by atoms with Gasteiger partial charge in [-0.2, -0.15) is 13.2 Å². The zero-order valence-electron chi connectivity index (χ0n) is 12.6. The van der Waals surface area contributed by atoms with Crippen molar-refractivity contribution in [2.45, 2.75) is 6.18 Å². The molecule has 0 aliphatic rings. The number of anilines is 2. The summed E-state index contributed by atoms with van der Waals surface area (Å²) < 4.78 is 37.9. The highest BCUT2D eigenvalue weighted by Crippen LogP contribution is 2.33. The summed E-state index contributed by atoms with van der Waals surface area (Å²) in [4.78, 5) is 18.0. The number of halogens is 3. The molecule has 3 rings (SSSR count). The van der Waals surface area contributed by atoms with Crippen molar-refractivity contribution in [1.82, 2.24) is 9.97 Å². The maximum atomic E-state index is 12.6. The lowest BCUT2D eigenvalue weighted by molar-refractivity contribution is -0.137. The number of imidazole rings is 1. The quantitative estimate of drug-likeness (QED) is 0.648. The van der Waals surface area contributed by atoms with E-state index in [0.29, 0.717) is 22.6 Å². The van der Waals surface area contributed by atoms with Gasteiger partial charge in [-0.05, 0) is 42.5 Å².